The second kappa shape index (κ2) is 15.7. The highest BCUT2D eigenvalue weighted by molar-refractivity contribution is 5.44. The molecule has 0 aromatic heterocycles. The normalized spacial score (nSPS) is 10.8. The summed E-state index contributed by atoms with van der Waals surface area (Å²) in [7, 11) is 6.86. The molecule has 0 atom stereocenters. The lowest BCUT2D eigenvalue weighted by molar-refractivity contribution is -0.870. The highest BCUT2D eigenvalue weighted by atomic mass is 16.1. The molecule has 0 fully saturated rings. The molecule has 0 heterocycles. The van der Waals surface area contributed by atoms with Crippen molar-refractivity contribution in [1.29, 1.82) is 0 Å². The predicted octanol–water partition coefficient (Wildman–Crippen LogP) is 4.82. The molecule has 0 amide bonds. The molecule has 2 heteroatoms. The summed E-state index contributed by atoms with van der Waals surface area (Å²) >= 11 is 0. The Bertz CT molecular complexity index is 173. The Hall–Kier alpha value is -0.370. The van der Waals surface area contributed by atoms with E-state index >= 15 is 0 Å². The van der Waals surface area contributed by atoms with Gasteiger partial charge in [0.15, 0.2) is 0 Å². The minimum atomic E-state index is 0.750. The van der Waals surface area contributed by atoms with Crippen molar-refractivity contribution < 1.29 is 9.28 Å². The minimum Gasteiger partial charge on any atom is -0.331 e. The Kier molecular flexibility index (Phi) is 17.3. The zero-order chi connectivity index (χ0) is 15.0. The molecule has 0 radical (unpaired) electrons. The predicted molar refractivity (Wildman–Crippen MR) is 86.5 cm³/mol. The van der Waals surface area contributed by atoms with Gasteiger partial charge in [0.25, 0.3) is 0 Å². The number of hydrogen-bond donors (Lipinski definition) is 0. The highest BCUT2D eigenvalue weighted by Crippen LogP contribution is 2.10. The average Bonchev–Trinajstić information content (AvgIpc) is 2.31. The highest BCUT2D eigenvalue weighted by Gasteiger charge is 2.04. The molecule has 0 aliphatic carbocycles. The van der Waals surface area contributed by atoms with Crippen molar-refractivity contribution in [3.63, 3.8) is 0 Å². The molecular weight excluding hydrogens is 234 g/mol. The average molecular weight is 272 g/mol. The van der Waals surface area contributed by atoms with Crippen molar-refractivity contribution in [3.8, 4) is 0 Å². The number of unbranched alkanes of at least 4 members (excludes halogenated alkanes) is 9. The van der Waals surface area contributed by atoms with Gasteiger partial charge in [-0.15, -0.1) is 0 Å². The molecule has 19 heavy (non-hydrogen) atoms. The van der Waals surface area contributed by atoms with Crippen LogP contribution in [0.3, 0.4) is 0 Å². The van der Waals surface area contributed by atoms with Crippen molar-refractivity contribution >= 4 is 6.29 Å². The van der Waals surface area contributed by atoms with Gasteiger partial charge in [-0.1, -0.05) is 58.3 Å². The Morgan fingerprint density at radius 1 is 0.737 bits per heavy atom. The van der Waals surface area contributed by atoms with E-state index in [4.69, 9.17) is 4.79 Å². The van der Waals surface area contributed by atoms with Crippen LogP contribution in [0.1, 0.15) is 78.1 Å². The van der Waals surface area contributed by atoms with Crippen LogP contribution in [0.4, 0.5) is 0 Å². The summed E-state index contributed by atoms with van der Waals surface area (Å²) in [6.07, 6.45) is 15.2. The molecule has 0 rings (SSSR count). The van der Waals surface area contributed by atoms with E-state index in [1.807, 2.05) is 0 Å². The summed E-state index contributed by atoms with van der Waals surface area (Å²) in [5.74, 6) is 0. The third kappa shape index (κ3) is 27.0. The fourth-order valence-electron chi connectivity index (χ4n) is 2.07. The number of quaternary nitrogens is 1. The smallest absolute Gasteiger partial charge is 0.116 e. The number of aldehydes is 1. The van der Waals surface area contributed by atoms with Crippen LogP contribution in [0.2, 0.25) is 0 Å². The monoisotopic (exact) mass is 272 g/mol. The Morgan fingerprint density at radius 3 is 1.37 bits per heavy atom. The standard InChI is InChI=1S/C15H34N.C2H4O/c1-5-6-7-8-9-10-11-12-13-14-15-16(2,3)4;1-2-3/h5-15H2,1-4H3;2H,1H3/q+1;. The van der Waals surface area contributed by atoms with E-state index in [2.05, 4.69) is 28.1 Å². The molecule has 0 unspecified atom stereocenters. The molecule has 2 nitrogen and oxygen atoms in total. The molecule has 0 saturated heterocycles. The van der Waals surface area contributed by atoms with Gasteiger partial charge in [0, 0.05) is 0 Å². The van der Waals surface area contributed by atoms with Crippen molar-refractivity contribution in [2.75, 3.05) is 27.7 Å². The van der Waals surface area contributed by atoms with Crippen molar-refractivity contribution in [1.82, 2.24) is 0 Å². The fraction of sp³-hybridized carbons (Fsp3) is 0.941. The largest absolute Gasteiger partial charge is 0.331 e. The van der Waals surface area contributed by atoms with Gasteiger partial charge >= 0.3 is 0 Å². The van der Waals surface area contributed by atoms with E-state index < -0.39 is 0 Å². The Balaban J connectivity index is 0. The van der Waals surface area contributed by atoms with Gasteiger partial charge in [0.1, 0.15) is 6.29 Å². The van der Waals surface area contributed by atoms with E-state index in [-0.39, 0.29) is 0 Å². The van der Waals surface area contributed by atoms with Crippen LogP contribution in [0.15, 0.2) is 0 Å². The van der Waals surface area contributed by atoms with Crippen molar-refractivity contribution in [2.45, 2.75) is 78.1 Å². The SMILES string of the molecule is CC=O.CCCCCCCCCCCC[N+](C)(C)C. The first-order valence-corrected chi connectivity index (χ1v) is 8.18. The van der Waals surface area contributed by atoms with Crippen LogP contribution in [0.5, 0.6) is 0 Å². The maximum Gasteiger partial charge on any atom is 0.116 e. The van der Waals surface area contributed by atoms with Gasteiger partial charge in [0.2, 0.25) is 0 Å². The van der Waals surface area contributed by atoms with Crippen molar-refractivity contribution in [2.24, 2.45) is 0 Å². The molecule has 0 saturated carbocycles. The first-order valence-electron chi connectivity index (χ1n) is 8.18. The van der Waals surface area contributed by atoms with Crippen LogP contribution >= 0.6 is 0 Å². The number of rotatable bonds is 11. The van der Waals surface area contributed by atoms with Crippen LogP contribution in [0, 0.1) is 0 Å². The number of carbonyl (C=O) groups is 1. The van der Waals surface area contributed by atoms with E-state index in [0.29, 0.717) is 0 Å². The maximum absolute atomic E-state index is 8.81. The molecule has 0 aromatic rings. The second-order valence-corrected chi connectivity index (χ2v) is 6.43. The Labute approximate surface area is 122 Å². The van der Waals surface area contributed by atoms with Gasteiger partial charge in [-0.25, -0.2) is 0 Å². The molecular formula is C17H38NO+. The lowest BCUT2D eigenvalue weighted by Gasteiger charge is -2.23. The summed E-state index contributed by atoms with van der Waals surface area (Å²) in [6, 6.07) is 0. The van der Waals surface area contributed by atoms with E-state index in [1.165, 1.54) is 77.7 Å². The Morgan fingerprint density at radius 2 is 1.05 bits per heavy atom. The fourth-order valence-corrected chi connectivity index (χ4v) is 2.07. The second-order valence-electron chi connectivity index (χ2n) is 6.43. The van der Waals surface area contributed by atoms with Crippen LogP contribution < -0.4 is 0 Å². The molecule has 0 N–H and O–H groups in total. The molecule has 0 aliphatic rings. The minimum absolute atomic E-state index is 0.750. The lowest BCUT2D eigenvalue weighted by Crippen LogP contribution is -2.35. The van der Waals surface area contributed by atoms with Gasteiger partial charge in [-0.05, 0) is 19.8 Å². The number of carbonyl (C=O) groups excluding carboxylic acids is 1. The van der Waals surface area contributed by atoms with Gasteiger partial charge in [-0.2, -0.15) is 0 Å². The van der Waals surface area contributed by atoms with Gasteiger partial charge in [-0.3, -0.25) is 0 Å². The van der Waals surface area contributed by atoms with E-state index in [0.717, 1.165) is 10.8 Å². The summed E-state index contributed by atoms with van der Waals surface area (Å²) in [4.78, 5) is 8.81. The summed E-state index contributed by atoms with van der Waals surface area (Å²) in [5, 5.41) is 0. The van der Waals surface area contributed by atoms with Crippen LogP contribution in [-0.2, 0) is 4.79 Å². The first kappa shape index (κ1) is 20.9. The van der Waals surface area contributed by atoms with Gasteiger partial charge < -0.3 is 9.28 Å². The van der Waals surface area contributed by atoms with Crippen LogP contribution in [0.25, 0.3) is 0 Å². The first-order chi connectivity index (χ1) is 8.97. The molecule has 0 aliphatic heterocycles. The molecule has 0 aromatic carbocycles. The summed E-state index contributed by atoms with van der Waals surface area (Å²) in [6.45, 7) is 5.06. The maximum atomic E-state index is 8.81. The number of nitrogens with zero attached hydrogens (tertiary/aromatic N) is 1. The third-order valence-electron chi connectivity index (χ3n) is 3.18. The van der Waals surface area contributed by atoms with E-state index in [1.54, 1.807) is 0 Å². The third-order valence-corrected chi connectivity index (χ3v) is 3.18. The summed E-state index contributed by atoms with van der Waals surface area (Å²) < 4.78 is 1.12. The van der Waals surface area contributed by atoms with E-state index in [9.17, 15) is 0 Å². The molecule has 0 bridgehead atoms. The molecule has 116 valence electrons. The van der Waals surface area contributed by atoms with Gasteiger partial charge in [0.05, 0.1) is 27.7 Å². The zero-order valence-electron chi connectivity index (χ0n) is 14.2. The lowest BCUT2D eigenvalue weighted by atomic mass is 10.1. The van der Waals surface area contributed by atoms with Crippen LogP contribution in [-0.4, -0.2) is 38.5 Å². The van der Waals surface area contributed by atoms with Crippen molar-refractivity contribution in [3.05, 3.63) is 0 Å². The topological polar surface area (TPSA) is 17.1 Å². The zero-order valence-corrected chi connectivity index (χ0v) is 14.2. The number of hydrogen-bond acceptors (Lipinski definition) is 1. The summed E-state index contributed by atoms with van der Waals surface area (Å²) in [5.41, 5.74) is 0. The molecule has 0 spiro atoms. The quantitative estimate of drug-likeness (QED) is 0.299.